The summed E-state index contributed by atoms with van der Waals surface area (Å²) in [6.07, 6.45) is 3.13. The normalized spacial score (nSPS) is 14.3. The van der Waals surface area contributed by atoms with Crippen molar-refractivity contribution in [2.45, 2.75) is 40.2 Å². The van der Waals surface area contributed by atoms with Gasteiger partial charge in [0.15, 0.2) is 11.5 Å². The molecule has 36 heavy (non-hydrogen) atoms. The molecule has 9 nitrogen and oxygen atoms in total. The second-order valence-electron chi connectivity index (χ2n) is 8.39. The summed E-state index contributed by atoms with van der Waals surface area (Å²) in [6.45, 7) is 8.17. The van der Waals surface area contributed by atoms with E-state index in [0.717, 1.165) is 38.8 Å². The van der Waals surface area contributed by atoms with E-state index in [1.807, 2.05) is 41.8 Å². The van der Waals surface area contributed by atoms with Gasteiger partial charge in [-0.3, -0.25) is 19.3 Å². The SMILES string of the molecule is CCOC(=O)C[C@@H]1N=C(c2ccc(-c3cncc(C#N)n3)cc2)c2c(sc(C)c2C)-n2c(C)nnc21. The molecule has 0 fully saturated rings. The largest absolute Gasteiger partial charge is 0.466 e. The summed E-state index contributed by atoms with van der Waals surface area (Å²) < 4.78 is 7.25. The molecule has 1 atom stereocenters. The minimum atomic E-state index is -0.544. The van der Waals surface area contributed by atoms with Crippen molar-refractivity contribution in [2.24, 2.45) is 4.99 Å². The number of thiophene rings is 1. The molecule has 0 spiro atoms. The van der Waals surface area contributed by atoms with Crippen molar-refractivity contribution < 1.29 is 9.53 Å². The Balaban J connectivity index is 1.65. The lowest BCUT2D eigenvalue weighted by Gasteiger charge is -2.12. The molecule has 1 aromatic carbocycles. The number of esters is 1. The van der Waals surface area contributed by atoms with Crippen LogP contribution >= 0.6 is 11.3 Å². The molecule has 0 radical (unpaired) electrons. The molecule has 3 aromatic heterocycles. The maximum Gasteiger partial charge on any atom is 0.308 e. The van der Waals surface area contributed by atoms with Gasteiger partial charge >= 0.3 is 5.97 Å². The van der Waals surface area contributed by atoms with Crippen molar-refractivity contribution in [3.63, 3.8) is 0 Å². The quantitative estimate of drug-likeness (QED) is 0.374. The molecule has 0 saturated heterocycles. The zero-order valence-electron chi connectivity index (χ0n) is 20.3. The van der Waals surface area contributed by atoms with Crippen LogP contribution in [0.15, 0.2) is 41.7 Å². The zero-order chi connectivity index (χ0) is 25.4. The molecule has 0 aliphatic carbocycles. The molecule has 10 heteroatoms. The Morgan fingerprint density at radius 3 is 2.61 bits per heavy atom. The Kier molecular flexibility index (Phi) is 6.16. The van der Waals surface area contributed by atoms with Gasteiger partial charge in [-0.2, -0.15) is 5.26 Å². The number of nitriles is 1. The van der Waals surface area contributed by atoms with Gasteiger partial charge in [0.25, 0.3) is 0 Å². The van der Waals surface area contributed by atoms with Crippen LogP contribution in [-0.4, -0.2) is 43.0 Å². The van der Waals surface area contributed by atoms with Gasteiger partial charge in [-0.25, -0.2) is 4.98 Å². The van der Waals surface area contributed by atoms with E-state index in [1.165, 1.54) is 11.1 Å². The molecular formula is C26H23N7O2S. The van der Waals surface area contributed by atoms with Crippen molar-refractivity contribution in [2.75, 3.05) is 6.61 Å². The van der Waals surface area contributed by atoms with Crippen LogP contribution < -0.4 is 0 Å². The van der Waals surface area contributed by atoms with Crippen molar-refractivity contribution in [1.29, 1.82) is 5.26 Å². The fourth-order valence-corrected chi connectivity index (χ4v) is 5.47. The number of hydrogen-bond donors (Lipinski definition) is 0. The highest BCUT2D eigenvalue weighted by Crippen LogP contribution is 2.39. The van der Waals surface area contributed by atoms with E-state index >= 15 is 0 Å². The van der Waals surface area contributed by atoms with Crippen molar-refractivity contribution in [3.05, 3.63) is 75.6 Å². The van der Waals surface area contributed by atoms with Gasteiger partial charge in [0, 0.05) is 21.6 Å². The minimum Gasteiger partial charge on any atom is -0.466 e. The lowest BCUT2D eigenvalue weighted by atomic mass is 9.98. The van der Waals surface area contributed by atoms with Crippen LogP contribution in [0.5, 0.6) is 0 Å². The van der Waals surface area contributed by atoms with Gasteiger partial charge < -0.3 is 4.74 Å². The fourth-order valence-electron chi connectivity index (χ4n) is 4.26. The molecule has 5 rings (SSSR count). The first-order valence-corrected chi connectivity index (χ1v) is 12.3. The number of carbonyl (C=O) groups is 1. The van der Waals surface area contributed by atoms with Crippen LogP contribution in [0.25, 0.3) is 16.3 Å². The number of aliphatic imine (C=N–C) groups is 1. The molecule has 0 saturated carbocycles. The molecule has 0 bridgehead atoms. The third kappa shape index (κ3) is 4.07. The highest BCUT2D eigenvalue weighted by molar-refractivity contribution is 7.15. The summed E-state index contributed by atoms with van der Waals surface area (Å²) in [7, 11) is 0. The van der Waals surface area contributed by atoms with E-state index in [9.17, 15) is 4.79 Å². The fraction of sp³-hybridized carbons (Fsp3) is 0.269. The van der Waals surface area contributed by atoms with E-state index in [4.69, 9.17) is 15.0 Å². The lowest BCUT2D eigenvalue weighted by Crippen LogP contribution is -2.13. The molecule has 4 aromatic rings. The Hall–Kier alpha value is -4.23. The number of benzene rings is 1. The summed E-state index contributed by atoms with van der Waals surface area (Å²) >= 11 is 1.66. The van der Waals surface area contributed by atoms with E-state index in [2.05, 4.69) is 34.0 Å². The number of aryl methyl sites for hydroxylation is 2. The van der Waals surface area contributed by atoms with E-state index in [0.29, 0.717) is 18.1 Å². The summed E-state index contributed by atoms with van der Waals surface area (Å²) in [5, 5.41) is 18.9. The van der Waals surface area contributed by atoms with Crippen LogP contribution in [0.2, 0.25) is 0 Å². The van der Waals surface area contributed by atoms with Crippen molar-refractivity contribution in [3.8, 4) is 22.3 Å². The smallest absolute Gasteiger partial charge is 0.308 e. The third-order valence-corrected chi connectivity index (χ3v) is 7.30. The number of nitrogens with zero attached hydrogens (tertiary/aromatic N) is 7. The van der Waals surface area contributed by atoms with E-state index in [1.54, 1.807) is 24.5 Å². The van der Waals surface area contributed by atoms with Crippen LogP contribution in [0, 0.1) is 32.1 Å². The van der Waals surface area contributed by atoms with Gasteiger partial charge in [-0.15, -0.1) is 21.5 Å². The standard InChI is InChI=1S/C26H23N7O2S/c1-5-35-22(34)10-20-25-32-31-16(4)33(25)26-23(14(2)15(3)36-26)24(30-20)18-8-6-17(7-9-18)21-13-28-12-19(11-27)29-21/h6-9,12-13,20H,5,10H2,1-4H3/t20-/m0/s1. The zero-order valence-corrected chi connectivity index (χ0v) is 21.1. The number of aromatic nitrogens is 5. The molecule has 1 aliphatic rings. The number of hydrogen-bond acceptors (Lipinski definition) is 9. The van der Waals surface area contributed by atoms with Gasteiger partial charge in [0.05, 0.1) is 36.8 Å². The minimum absolute atomic E-state index is 0.0665. The van der Waals surface area contributed by atoms with E-state index in [-0.39, 0.29) is 18.1 Å². The highest BCUT2D eigenvalue weighted by atomic mass is 32.1. The van der Waals surface area contributed by atoms with E-state index < -0.39 is 6.04 Å². The topological polar surface area (TPSA) is 119 Å². The maximum absolute atomic E-state index is 12.5. The third-order valence-electron chi connectivity index (χ3n) is 6.11. The monoisotopic (exact) mass is 497 g/mol. The summed E-state index contributed by atoms with van der Waals surface area (Å²) in [6, 6.07) is 9.31. The van der Waals surface area contributed by atoms with Crippen LogP contribution in [0.3, 0.4) is 0 Å². The summed E-state index contributed by atoms with van der Waals surface area (Å²) in [5.74, 6) is 1.03. The van der Waals surface area contributed by atoms with Gasteiger partial charge in [0.1, 0.15) is 22.9 Å². The maximum atomic E-state index is 12.5. The Labute approximate surface area is 212 Å². The van der Waals surface area contributed by atoms with Gasteiger partial charge in [-0.05, 0) is 33.3 Å². The molecule has 180 valence electrons. The van der Waals surface area contributed by atoms with Gasteiger partial charge in [0.2, 0.25) is 0 Å². The highest BCUT2D eigenvalue weighted by Gasteiger charge is 2.32. The molecule has 4 heterocycles. The second-order valence-corrected chi connectivity index (χ2v) is 9.59. The predicted octanol–water partition coefficient (Wildman–Crippen LogP) is 4.43. The second kappa shape index (κ2) is 9.43. The first-order valence-electron chi connectivity index (χ1n) is 11.5. The molecular weight excluding hydrogens is 474 g/mol. The van der Waals surface area contributed by atoms with Crippen LogP contribution in [0.1, 0.15) is 58.3 Å². The number of fused-ring (bicyclic) bond motifs is 3. The Morgan fingerprint density at radius 2 is 1.89 bits per heavy atom. The number of carbonyl (C=O) groups excluding carboxylic acids is 1. The average Bonchev–Trinajstić information content (AvgIpc) is 3.36. The summed E-state index contributed by atoms with van der Waals surface area (Å²) in [5.41, 5.74) is 5.54. The average molecular weight is 498 g/mol. The van der Waals surface area contributed by atoms with Crippen molar-refractivity contribution in [1.82, 2.24) is 24.7 Å². The molecule has 0 amide bonds. The van der Waals surface area contributed by atoms with Crippen LogP contribution in [-0.2, 0) is 9.53 Å². The number of rotatable bonds is 5. The summed E-state index contributed by atoms with van der Waals surface area (Å²) in [4.78, 5) is 27.2. The molecule has 0 N–H and O–H groups in total. The Morgan fingerprint density at radius 1 is 1.14 bits per heavy atom. The predicted molar refractivity (Wildman–Crippen MR) is 135 cm³/mol. The molecule has 1 aliphatic heterocycles. The first kappa shape index (κ1) is 23.5. The molecule has 0 unspecified atom stereocenters. The lowest BCUT2D eigenvalue weighted by molar-refractivity contribution is -0.143. The van der Waals surface area contributed by atoms with Crippen molar-refractivity contribution >= 4 is 23.0 Å². The van der Waals surface area contributed by atoms with Crippen LogP contribution in [0.4, 0.5) is 0 Å². The van der Waals surface area contributed by atoms with Gasteiger partial charge in [-0.1, -0.05) is 24.3 Å². The Bertz CT molecular complexity index is 1540. The first-order chi connectivity index (χ1) is 17.4. The number of ether oxygens (including phenoxy) is 1.